The number of aryl methyl sites for hydroxylation is 1. The summed E-state index contributed by atoms with van der Waals surface area (Å²) in [6.07, 6.45) is 0.298. The minimum absolute atomic E-state index is 0.0176. The van der Waals surface area contributed by atoms with E-state index in [1.165, 1.54) is 6.07 Å². The van der Waals surface area contributed by atoms with Crippen molar-refractivity contribution in [1.29, 1.82) is 5.26 Å². The van der Waals surface area contributed by atoms with Gasteiger partial charge in [0.25, 0.3) is 5.91 Å². The summed E-state index contributed by atoms with van der Waals surface area (Å²) >= 11 is 0. The Morgan fingerprint density at radius 2 is 2.24 bits per heavy atom. The van der Waals surface area contributed by atoms with Crippen LogP contribution < -0.4 is 0 Å². The molecule has 1 N–H and O–H groups in total. The van der Waals surface area contributed by atoms with Crippen molar-refractivity contribution in [3.63, 3.8) is 0 Å². The van der Waals surface area contributed by atoms with Crippen molar-refractivity contribution < 1.29 is 9.90 Å². The van der Waals surface area contributed by atoms with Crippen molar-refractivity contribution in [1.82, 2.24) is 4.90 Å². The van der Waals surface area contributed by atoms with E-state index in [1.807, 2.05) is 19.9 Å². The minimum atomic E-state index is -0.232. The molecule has 0 aromatic heterocycles. The van der Waals surface area contributed by atoms with Crippen LogP contribution in [0.25, 0.3) is 0 Å². The third-order valence-corrected chi connectivity index (χ3v) is 2.54. The molecule has 0 heterocycles. The van der Waals surface area contributed by atoms with Gasteiger partial charge < -0.3 is 10.0 Å². The van der Waals surface area contributed by atoms with Crippen LogP contribution in [0.15, 0.2) is 18.2 Å². The van der Waals surface area contributed by atoms with Gasteiger partial charge in [-0.15, -0.1) is 0 Å². The molecule has 0 saturated carbocycles. The molecule has 0 radical (unpaired) electrons. The molecule has 0 atom stereocenters. The van der Waals surface area contributed by atoms with Crippen LogP contribution in [0.1, 0.15) is 29.3 Å². The second kappa shape index (κ2) is 5.90. The van der Waals surface area contributed by atoms with Gasteiger partial charge in [0.1, 0.15) is 5.75 Å². The standard InChI is InChI=1S/C13H16N2O2/c1-3-15(8-4-7-14)13(17)11-9-10(2)5-6-12(11)16/h5-6,9,16H,3-4,8H2,1-2H3. The predicted octanol–water partition coefficient (Wildman–Crippen LogP) is 2.08. The van der Waals surface area contributed by atoms with Gasteiger partial charge in [-0.25, -0.2) is 0 Å². The Bertz CT molecular complexity index is 449. The number of carbonyl (C=O) groups excluding carboxylic acids is 1. The highest BCUT2D eigenvalue weighted by molar-refractivity contribution is 5.97. The second-order valence-corrected chi connectivity index (χ2v) is 3.81. The van der Waals surface area contributed by atoms with E-state index in [-0.39, 0.29) is 11.7 Å². The normalized spacial score (nSPS) is 9.71. The quantitative estimate of drug-likeness (QED) is 0.864. The number of phenols is 1. The molecule has 0 saturated heterocycles. The van der Waals surface area contributed by atoms with E-state index in [0.29, 0.717) is 25.1 Å². The van der Waals surface area contributed by atoms with E-state index in [2.05, 4.69) is 0 Å². The van der Waals surface area contributed by atoms with Gasteiger partial charge in [-0.2, -0.15) is 5.26 Å². The minimum Gasteiger partial charge on any atom is -0.507 e. The van der Waals surface area contributed by atoms with Gasteiger partial charge in [0.05, 0.1) is 18.1 Å². The third kappa shape index (κ3) is 3.22. The van der Waals surface area contributed by atoms with Crippen molar-refractivity contribution in [3.8, 4) is 11.8 Å². The maximum absolute atomic E-state index is 12.1. The smallest absolute Gasteiger partial charge is 0.257 e. The number of hydrogen-bond donors (Lipinski definition) is 1. The number of aromatic hydroxyl groups is 1. The van der Waals surface area contributed by atoms with E-state index in [9.17, 15) is 9.90 Å². The average Bonchev–Trinajstić information content (AvgIpc) is 2.33. The largest absolute Gasteiger partial charge is 0.507 e. The molecule has 0 aliphatic carbocycles. The Labute approximate surface area is 101 Å². The number of amides is 1. The number of benzene rings is 1. The number of hydrogen-bond acceptors (Lipinski definition) is 3. The van der Waals surface area contributed by atoms with Gasteiger partial charge in [-0.1, -0.05) is 11.6 Å². The van der Waals surface area contributed by atoms with Gasteiger partial charge in [-0.05, 0) is 26.0 Å². The summed E-state index contributed by atoms with van der Waals surface area (Å²) in [5.74, 6) is -0.250. The van der Waals surface area contributed by atoms with Crippen molar-refractivity contribution >= 4 is 5.91 Å². The van der Waals surface area contributed by atoms with Crippen molar-refractivity contribution in [2.45, 2.75) is 20.3 Å². The Morgan fingerprint density at radius 1 is 1.53 bits per heavy atom. The second-order valence-electron chi connectivity index (χ2n) is 3.81. The lowest BCUT2D eigenvalue weighted by Gasteiger charge is -2.20. The van der Waals surface area contributed by atoms with Gasteiger partial charge in [-0.3, -0.25) is 4.79 Å². The number of nitriles is 1. The Balaban J connectivity index is 2.94. The lowest BCUT2D eigenvalue weighted by Crippen LogP contribution is -2.31. The fourth-order valence-corrected chi connectivity index (χ4v) is 1.58. The third-order valence-electron chi connectivity index (χ3n) is 2.54. The molecule has 1 aromatic carbocycles. The molecule has 4 heteroatoms. The summed E-state index contributed by atoms with van der Waals surface area (Å²) in [6.45, 7) is 4.62. The Morgan fingerprint density at radius 3 is 2.82 bits per heavy atom. The summed E-state index contributed by atoms with van der Waals surface area (Å²) < 4.78 is 0. The molecule has 1 amide bonds. The van der Waals surface area contributed by atoms with Crippen LogP contribution in [-0.2, 0) is 0 Å². The molecule has 0 unspecified atom stereocenters. The van der Waals surface area contributed by atoms with Crippen LogP contribution in [0.4, 0.5) is 0 Å². The van der Waals surface area contributed by atoms with E-state index < -0.39 is 0 Å². The van der Waals surface area contributed by atoms with Crippen LogP contribution in [0.5, 0.6) is 5.75 Å². The zero-order valence-electron chi connectivity index (χ0n) is 10.1. The van der Waals surface area contributed by atoms with E-state index in [4.69, 9.17) is 5.26 Å². The molecular weight excluding hydrogens is 216 g/mol. The van der Waals surface area contributed by atoms with Crippen molar-refractivity contribution in [2.75, 3.05) is 13.1 Å². The molecule has 4 nitrogen and oxygen atoms in total. The van der Waals surface area contributed by atoms with E-state index >= 15 is 0 Å². The Kier molecular flexibility index (Phi) is 4.53. The molecule has 17 heavy (non-hydrogen) atoms. The van der Waals surface area contributed by atoms with E-state index in [0.717, 1.165) is 5.56 Å². The predicted molar refractivity (Wildman–Crippen MR) is 64.7 cm³/mol. The highest BCUT2D eigenvalue weighted by Gasteiger charge is 2.17. The first-order valence-corrected chi connectivity index (χ1v) is 5.56. The lowest BCUT2D eigenvalue weighted by atomic mass is 10.1. The zero-order valence-corrected chi connectivity index (χ0v) is 10.1. The molecule has 0 fully saturated rings. The number of rotatable bonds is 4. The molecule has 0 spiro atoms. The topological polar surface area (TPSA) is 64.3 Å². The molecule has 90 valence electrons. The van der Waals surface area contributed by atoms with Gasteiger partial charge in [0.15, 0.2) is 0 Å². The molecule has 0 aliphatic rings. The summed E-state index contributed by atoms with van der Waals surface area (Å²) in [5, 5.41) is 18.2. The fourth-order valence-electron chi connectivity index (χ4n) is 1.58. The molecule has 0 aliphatic heterocycles. The fraction of sp³-hybridized carbons (Fsp3) is 0.385. The monoisotopic (exact) mass is 232 g/mol. The summed E-state index contributed by atoms with van der Waals surface area (Å²) in [5.41, 5.74) is 1.22. The van der Waals surface area contributed by atoms with Crippen LogP contribution in [0.3, 0.4) is 0 Å². The van der Waals surface area contributed by atoms with Crippen molar-refractivity contribution in [3.05, 3.63) is 29.3 Å². The van der Waals surface area contributed by atoms with Crippen molar-refractivity contribution in [2.24, 2.45) is 0 Å². The van der Waals surface area contributed by atoms with E-state index in [1.54, 1.807) is 17.0 Å². The van der Waals surface area contributed by atoms with Gasteiger partial charge in [0.2, 0.25) is 0 Å². The van der Waals surface area contributed by atoms with Gasteiger partial charge in [0, 0.05) is 13.1 Å². The van der Waals surface area contributed by atoms with Crippen LogP contribution in [0.2, 0.25) is 0 Å². The van der Waals surface area contributed by atoms with Crippen LogP contribution in [-0.4, -0.2) is 29.0 Å². The number of phenolic OH excluding ortho intramolecular Hbond substituents is 1. The summed E-state index contributed by atoms with van der Waals surface area (Å²) in [4.78, 5) is 13.7. The molecule has 1 aromatic rings. The highest BCUT2D eigenvalue weighted by Crippen LogP contribution is 2.20. The average molecular weight is 232 g/mol. The summed E-state index contributed by atoms with van der Waals surface area (Å²) in [6, 6.07) is 6.93. The molecule has 0 bridgehead atoms. The number of nitrogens with zero attached hydrogens (tertiary/aromatic N) is 2. The first-order valence-electron chi connectivity index (χ1n) is 5.56. The zero-order chi connectivity index (χ0) is 12.8. The molecule has 1 rings (SSSR count). The maximum atomic E-state index is 12.1. The summed E-state index contributed by atoms with van der Waals surface area (Å²) in [7, 11) is 0. The van der Waals surface area contributed by atoms with Crippen LogP contribution in [0, 0.1) is 18.3 Å². The molecular formula is C13H16N2O2. The van der Waals surface area contributed by atoms with Gasteiger partial charge >= 0.3 is 0 Å². The highest BCUT2D eigenvalue weighted by atomic mass is 16.3. The lowest BCUT2D eigenvalue weighted by molar-refractivity contribution is 0.0764. The Hall–Kier alpha value is -2.02. The maximum Gasteiger partial charge on any atom is 0.257 e. The SMILES string of the molecule is CCN(CCC#N)C(=O)c1cc(C)ccc1O. The first kappa shape index (κ1) is 13.0. The van der Waals surface area contributed by atoms with Crippen LogP contribution >= 0.6 is 0 Å². The number of carbonyl (C=O) groups is 1. The first-order chi connectivity index (χ1) is 8.10.